The molecule has 0 aliphatic carbocycles. The first-order valence-electron chi connectivity index (χ1n) is 6.62. The minimum absolute atomic E-state index is 0.0336. The second kappa shape index (κ2) is 6.74. The van der Waals surface area contributed by atoms with Gasteiger partial charge >= 0.3 is 0 Å². The van der Waals surface area contributed by atoms with Crippen molar-refractivity contribution < 1.29 is 13.2 Å². The molecule has 0 fully saturated rings. The molecule has 1 aromatic rings. The van der Waals surface area contributed by atoms with E-state index in [0.717, 1.165) is 6.26 Å². The zero-order valence-electron chi connectivity index (χ0n) is 12.3. The molecule has 0 aliphatic heterocycles. The smallest absolute Gasteiger partial charge is 0.244 e. The molecule has 6 heteroatoms. The molecule has 0 saturated carbocycles. The maximum absolute atomic E-state index is 12.2. The van der Waals surface area contributed by atoms with Crippen LogP contribution in [0.5, 0.6) is 0 Å². The minimum atomic E-state index is -3.54. The van der Waals surface area contributed by atoms with E-state index in [9.17, 15) is 13.2 Å². The summed E-state index contributed by atoms with van der Waals surface area (Å²) in [5.41, 5.74) is 0.501. The van der Waals surface area contributed by atoms with E-state index in [0.29, 0.717) is 12.1 Å². The Balaban J connectivity index is 3.19. The Morgan fingerprint density at radius 3 is 2.20 bits per heavy atom. The van der Waals surface area contributed by atoms with Gasteiger partial charge in [-0.25, -0.2) is 8.42 Å². The SMILES string of the molecule is CC[C@H](C(=O)NC(C)C)N(c1ccccc1)S(C)(=O)=O. The van der Waals surface area contributed by atoms with Gasteiger partial charge in [-0.15, -0.1) is 0 Å². The van der Waals surface area contributed by atoms with E-state index >= 15 is 0 Å². The van der Waals surface area contributed by atoms with Gasteiger partial charge in [-0.05, 0) is 32.4 Å². The number of nitrogens with one attached hydrogen (secondary N) is 1. The predicted octanol–water partition coefficient (Wildman–Crippen LogP) is 1.76. The Kier molecular flexibility index (Phi) is 5.56. The molecule has 0 spiro atoms. The largest absolute Gasteiger partial charge is 0.352 e. The quantitative estimate of drug-likeness (QED) is 0.870. The first kappa shape index (κ1) is 16.5. The van der Waals surface area contributed by atoms with Crippen molar-refractivity contribution in [3.05, 3.63) is 30.3 Å². The van der Waals surface area contributed by atoms with Gasteiger partial charge in [-0.1, -0.05) is 25.1 Å². The van der Waals surface area contributed by atoms with Crippen LogP contribution in [0.2, 0.25) is 0 Å². The fourth-order valence-electron chi connectivity index (χ4n) is 2.02. The summed E-state index contributed by atoms with van der Waals surface area (Å²) in [4.78, 5) is 12.2. The molecule has 0 unspecified atom stereocenters. The zero-order valence-corrected chi connectivity index (χ0v) is 13.1. The van der Waals surface area contributed by atoms with Crippen LogP contribution in [0, 0.1) is 0 Å². The van der Waals surface area contributed by atoms with Crippen molar-refractivity contribution in [2.45, 2.75) is 39.3 Å². The summed E-state index contributed by atoms with van der Waals surface area (Å²) in [7, 11) is -3.54. The third-order valence-electron chi connectivity index (χ3n) is 2.77. The van der Waals surface area contributed by atoms with Gasteiger partial charge in [0.15, 0.2) is 0 Å². The lowest BCUT2D eigenvalue weighted by atomic mass is 10.2. The third-order valence-corrected chi connectivity index (χ3v) is 3.95. The van der Waals surface area contributed by atoms with Gasteiger partial charge in [0.1, 0.15) is 6.04 Å². The summed E-state index contributed by atoms with van der Waals surface area (Å²) in [5, 5.41) is 2.77. The molecule has 0 radical (unpaired) electrons. The molecule has 0 saturated heterocycles. The number of carbonyl (C=O) groups excluding carboxylic acids is 1. The highest BCUT2D eigenvalue weighted by molar-refractivity contribution is 7.92. The molecule has 1 N–H and O–H groups in total. The second-order valence-electron chi connectivity index (χ2n) is 4.98. The Bertz CT molecular complexity index is 541. The first-order valence-corrected chi connectivity index (χ1v) is 8.47. The molecule has 112 valence electrons. The van der Waals surface area contributed by atoms with Gasteiger partial charge in [-0.3, -0.25) is 9.10 Å². The van der Waals surface area contributed by atoms with Crippen molar-refractivity contribution in [1.82, 2.24) is 5.32 Å². The van der Waals surface area contributed by atoms with E-state index < -0.39 is 16.1 Å². The van der Waals surface area contributed by atoms with Crippen LogP contribution >= 0.6 is 0 Å². The lowest BCUT2D eigenvalue weighted by Crippen LogP contribution is -2.50. The number of anilines is 1. The lowest BCUT2D eigenvalue weighted by molar-refractivity contribution is -0.122. The summed E-state index contributed by atoms with van der Waals surface area (Å²) in [6.07, 6.45) is 1.52. The van der Waals surface area contributed by atoms with Crippen molar-refractivity contribution in [2.24, 2.45) is 0 Å². The van der Waals surface area contributed by atoms with Crippen LogP contribution < -0.4 is 9.62 Å². The molecule has 0 aliphatic rings. The van der Waals surface area contributed by atoms with Crippen molar-refractivity contribution in [3.8, 4) is 0 Å². The summed E-state index contributed by atoms with van der Waals surface area (Å²) in [6.45, 7) is 5.49. The number of nitrogens with zero attached hydrogens (tertiary/aromatic N) is 1. The zero-order chi connectivity index (χ0) is 15.3. The van der Waals surface area contributed by atoms with E-state index in [1.54, 1.807) is 37.3 Å². The van der Waals surface area contributed by atoms with Gasteiger partial charge in [-0.2, -0.15) is 0 Å². The third kappa shape index (κ3) is 4.23. The molecular weight excluding hydrogens is 276 g/mol. The molecule has 0 bridgehead atoms. The highest BCUT2D eigenvalue weighted by Gasteiger charge is 2.31. The molecule has 5 nitrogen and oxygen atoms in total. The highest BCUT2D eigenvalue weighted by Crippen LogP contribution is 2.21. The number of carbonyl (C=O) groups is 1. The van der Waals surface area contributed by atoms with Gasteiger partial charge < -0.3 is 5.32 Å². The summed E-state index contributed by atoms with van der Waals surface area (Å²) < 4.78 is 25.3. The summed E-state index contributed by atoms with van der Waals surface area (Å²) >= 11 is 0. The van der Waals surface area contributed by atoms with Crippen LogP contribution in [0.15, 0.2) is 30.3 Å². The summed E-state index contributed by atoms with van der Waals surface area (Å²) in [6, 6.07) is 7.91. The molecule has 1 amide bonds. The number of rotatable bonds is 6. The van der Waals surface area contributed by atoms with Crippen LogP contribution in [-0.2, 0) is 14.8 Å². The number of hydrogen-bond donors (Lipinski definition) is 1. The molecule has 1 atom stereocenters. The van der Waals surface area contributed by atoms with Gasteiger partial charge in [0.05, 0.1) is 11.9 Å². The first-order chi connectivity index (χ1) is 9.27. The number of benzene rings is 1. The van der Waals surface area contributed by atoms with Crippen LogP contribution in [0.25, 0.3) is 0 Å². The molecule has 0 aromatic heterocycles. The van der Waals surface area contributed by atoms with Gasteiger partial charge in [0.2, 0.25) is 15.9 Å². The maximum Gasteiger partial charge on any atom is 0.244 e. The Morgan fingerprint density at radius 2 is 1.80 bits per heavy atom. The minimum Gasteiger partial charge on any atom is -0.352 e. The van der Waals surface area contributed by atoms with Crippen molar-refractivity contribution in [2.75, 3.05) is 10.6 Å². The average Bonchev–Trinajstić information content (AvgIpc) is 2.34. The van der Waals surface area contributed by atoms with Crippen molar-refractivity contribution in [3.63, 3.8) is 0 Å². The molecular formula is C14H22N2O3S. The molecule has 0 heterocycles. The maximum atomic E-state index is 12.2. The molecule has 20 heavy (non-hydrogen) atoms. The van der Waals surface area contributed by atoms with E-state index in [2.05, 4.69) is 5.32 Å². The van der Waals surface area contributed by atoms with E-state index in [-0.39, 0.29) is 11.9 Å². The highest BCUT2D eigenvalue weighted by atomic mass is 32.2. The topological polar surface area (TPSA) is 66.5 Å². The number of amides is 1. The van der Waals surface area contributed by atoms with Crippen LogP contribution in [0.4, 0.5) is 5.69 Å². The standard InChI is InChI=1S/C14H22N2O3S/c1-5-13(14(17)15-11(2)3)16(20(4,18)19)12-9-7-6-8-10-12/h6-11,13H,5H2,1-4H3,(H,15,17)/t13-/m1/s1. The predicted molar refractivity (Wildman–Crippen MR) is 81.1 cm³/mol. The molecule has 1 rings (SSSR count). The summed E-state index contributed by atoms with van der Waals surface area (Å²) in [5.74, 6) is -0.281. The fraction of sp³-hybridized carbons (Fsp3) is 0.500. The van der Waals surface area contributed by atoms with Crippen LogP contribution in [0.1, 0.15) is 27.2 Å². The Morgan fingerprint density at radius 1 is 1.25 bits per heavy atom. The second-order valence-corrected chi connectivity index (χ2v) is 6.84. The normalized spacial score (nSPS) is 13.1. The van der Waals surface area contributed by atoms with E-state index in [1.165, 1.54) is 4.31 Å². The van der Waals surface area contributed by atoms with Crippen LogP contribution in [0.3, 0.4) is 0 Å². The monoisotopic (exact) mass is 298 g/mol. The van der Waals surface area contributed by atoms with Gasteiger partial charge in [0, 0.05) is 6.04 Å². The van der Waals surface area contributed by atoms with Crippen molar-refractivity contribution >= 4 is 21.6 Å². The number of sulfonamides is 1. The van der Waals surface area contributed by atoms with Crippen molar-refractivity contribution in [1.29, 1.82) is 0 Å². The average molecular weight is 298 g/mol. The van der Waals surface area contributed by atoms with E-state index in [1.807, 2.05) is 13.8 Å². The fourth-order valence-corrected chi connectivity index (χ4v) is 3.23. The number of para-hydroxylation sites is 1. The molecule has 1 aromatic carbocycles. The van der Waals surface area contributed by atoms with E-state index in [4.69, 9.17) is 0 Å². The Labute approximate surface area is 121 Å². The van der Waals surface area contributed by atoms with Crippen LogP contribution in [-0.4, -0.2) is 32.7 Å². The Hall–Kier alpha value is -1.56. The van der Waals surface area contributed by atoms with Gasteiger partial charge in [0.25, 0.3) is 0 Å². The lowest BCUT2D eigenvalue weighted by Gasteiger charge is -2.30. The number of hydrogen-bond acceptors (Lipinski definition) is 3.